The first-order valence-electron chi connectivity index (χ1n) is 10.4. The smallest absolute Gasteiger partial charge is 0.230 e. The van der Waals surface area contributed by atoms with Crippen LogP contribution in [0.25, 0.3) is 17.1 Å². The maximum absolute atomic E-state index is 12.5. The van der Waals surface area contributed by atoms with Gasteiger partial charge in [0, 0.05) is 12.2 Å². The molecule has 0 fully saturated rings. The summed E-state index contributed by atoms with van der Waals surface area (Å²) in [4.78, 5) is 12.5. The standard InChI is InChI=1S/C25H24N4O3S/c1-31-20-14-12-18(13-15-20)16-26-23(30)17-33-25-28-27-24(21-10-6-7-11-22(21)32-2)29(25)19-8-4-3-5-9-19/h3-15H,16-17H2,1-2H3,(H,26,30). The molecule has 1 N–H and O–H groups in total. The monoisotopic (exact) mass is 460 g/mol. The molecule has 1 amide bonds. The molecular weight excluding hydrogens is 436 g/mol. The molecule has 0 aliphatic heterocycles. The topological polar surface area (TPSA) is 78.3 Å². The molecule has 7 nitrogen and oxygen atoms in total. The van der Waals surface area contributed by atoms with Crippen molar-refractivity contribution in [3.05, 3.63) is 84.4 Å². The fourth-order valence-electron chi connectivity index (χ4n) is 3.30. The van der Waals surface area contributed by atoms with E-state index in [1.54, 1.807) is 14.2 Å². The van der Waals surface area contributed by atoms with Crippen molar-refractivity contribution in [3.63, 3.8) is 0 Å². The molecule has 0 saturated heterocycles. The largest absolute Gasteiger partial charge is 0.497 e. The number of ether oxygens (including phenoxy) is 2. The average Bonchev–Trinajstić information content (AvgIpc) is 3.30. The van der Waals surface area contributed by atoms with E-state index in [9.17, 15) is 4.79 Å². The predicted octanol–water partition coefficient (Wildman–Crippen LogP) is 4.36. The van der Waals surface area contributed by atoms with Crippen LogP contribution in [-0.4, -0.2) is 40.6 Å². The van der Waals surface area contributed by atoms with Crippen molar-refractivity contribution in [1.82, 2.24) is 20.1 Å². The summed E-state index contributed by atoms with van der Waals surface area (Å²) < 4.78 is 12.6. The van der Waals surface area contributed by atoms with Crippen molar-refractivity contribution < 1.29 is 14.3 Å². The molecule has 0 aliphatic rings. The first-order chi connectivity index (χ1) is 16.2. The van der Waals surface area contributed by atoms with Crippen molar-refractivity contribution in [1.29, 1.82) is 0 Å². The van der Waals surface area contributed by atoms with E-state index in [2.05, 4.69) is 15.5 Å². The van der Waals surface area contributed by atoms with Crippen LogP contribution in [0.5, 0.6) is 11.5 Å². The van der Waals surface area contributed by atoms with Crippen LogP contribution in [0.2, 0.25) is 0 Å². The second kappa shape index (κ2) is 10.7. The van der Waals surface area contributed by atoms with E-state index in [0.717, 1.165) is 22.6 Å². The third-order valence-corrected chi connectivity index (χ3v) is 5.91. The van der Waals surface area contributed by atoms with Gasteiger partial charge in [0.05, 0.1) is 25.5 Å². The Labute approximate surface area is 196 Å². The van der Waals surface area contributed by atoms with Gasteiger partial charge in [-0.15, -0.1) is 10.2 Å². The number of methoxy groups -OCH3 is 2. The van der Waals surface area contributed by atoms with Crippen molar-refractivity contribution in [3.8, 4) is 28.6 Å². The molecule has 33 heavy (non-hydrogen) atoms. The number of carbonyl (C=O) groups is 1. The lowest BCUT2D eigenvalue weighted by Gasteiger charge is -2.12. The lowest BCUT2D eigenvalue weighted by Crippen LogP contribution is -2.24. The summed E-state index contributed by atoms with van der Waals surface area (Å²) in [5.41, 5.74) is 2.73. The molecule has 4 aromatic rings. The van der Waals surface area contributed by atoms with E-state index in [1.807, 2.05) is 83.4 Å². The number of carbonyl (C=O) groups excluding carboxylic acids is 1. The number of hydrogen-bond donors (Lipinski definition) is 1. The fourth-order valence-corrected chi connectivity index (χ4v) is 4.08. The van der Waals surface area contributed by atoms with Crippen LogP contribution in [0.3, 0.4) is 0 Å². The quantitative estimate of drug-likeness (QED) is 0.374. The van der Waals surface area contributed by atoms with Gasteiger partial charge in [-0.3, -0.25) is 9.36 Å². The number of aromatic nitrogens is 3. The molecule has 4 rings (SSSR count). The van der Waals surface area contributed by atoms with Gasteiger partial charge >= 0.3 is 0 Å². The minimum absolute atomic E-state index is 0.0859. The second-order valence-corrected chi connectivity index (χ2v) is 8.03. The van der Waals surface area contributed by atoms with E-state index < -0.39 is 0 Å². The summed E-state index contributed by atoms with van der Waals surface area (Å²) in [5.74, 6) is 2.27. The summed E-state index contributed by atoms with van der Waals surface area (Å²) >= 11 is 1.34. The van der Waals surface area contributed by atoms with Gasteiger partial charge in [0.15, 0.2) is 11.0 Å². The van der Waals surface area contributed by atoms with Gasteiger partial charge in [0.25, 0.3) is 0 Å². The number of para-hydroxylation sites is 2. The summed E-state index contributed by atoms with van der Waals surface area (Å²) in [6.07, 6.45) is 0. The Bertz CT molecular complexity index is 1210. The van der Waals surface area contributed by atoms with Crippen LogP contribution in [0.15, 0.2) is 84.0 Å². The van der Waals surface area contributed by atoms with E-state index in [4.69, 9.17) is 9.47 Å². The molecule has 1 aromatic heterocycles. The lowest BCUT2D eigenvalue weighted by atomic mass is 10.2. The van der Waals surface area contributed by atoms with Crippen LogP contribution in [0.1, 0.15) is 5.56 Å². The lowest BCUT2D eigenvalue weighted by molar-refractivity contribution is -0.118. The molecule has 0 radical (unpaired) electrons. The number of nitrogens with zero attached hydrogens (tertiary/aromatic N) is 3. The number of rotatable bonds is 9. The SMILES string of the molecule is COc1ccc(CNC(=O)CSc2nnc(-c3ccccc3OC)n2-c2ccccc2)cc1. The number of nitrogens with one attached hydrogen (secondary N) is 1. The van der Waals surface area contributed by atoms with Gasteiger partial charge in [0.1, 0.15) is 11.5 Å². The van der Waals surface area contributed by atoms with E-state index in [1.165, 1.54) is 11.8 Å². The van der Waals surface area contributed by atoms with Crippen molar-refractivity contribution in [2.24, 2.45) is 0 Å². The zero-order valence-corrected chi connectivity index (χ0v) is 19.2. The normalized spacial score (nSPS) is 10.6. The number of benzene rings is 3. The Morgan fingerprint density at radius 1 is 0.909 bits per heavy atom. The van der Waals surface area contributed by atoms with E-state index in [0.29, 0.717) is 23.3 Å². The van der Waals surface area contributed by atoms with Crippen molar-refractivity contribution in [2.45, 2.75) is 11.7 Å². The van der Waals surface area contributed by atoms with Crippen LogP contribution in [0.4, 0.5) is 0 Å². The Balaban J connectivity index is 1.51. The zero-order chi connectivity index (χ0) is 23.0. The zero-order valence-electron chi connectivity index (χ0n) is 18.4. The first kappa shape index (κ1) is 22.4. The van der Waals surface area contributed by atoms with E-state index in [-0.39, 0.29) is 11.7 Å². The molecule has 3 aromatic carbocycles. The highest BCUT2D eigenvalue weighted by molar-refractivity contribution is 7.99. The second-order valence-electron chi connectivity index (χ2n) is 7.09. The Morgan fingerprint density at radius 3 is 2.36 bits per heavy atom. The van der Waals surface area contributed by atoms with Gasteiger partial charge in [-0.1, -0.05) is 54.2 Å². The summed E-state index contributed by atoms with van der Waals surface area (Å²) in [6, 6.07) is 25.1. The summed E-state index contributed by atoms with van der Waals surface area (Å²) in [5, 5.41) is 12.4. The van der Waals surface area contributed by atoms with Crippen LogP contribution in [-0.2, 0) is 11.3 Å². The first-order valence-corrected chi connectivity index (χ1v) is 11.3. The van der Waals surface area contributed by atoms with Crippen LogP contribution in [0, 0.1) is 0 Å². The van der Waals surface area contributed by atoms with Crippen molar-refractivity contribution in [2.75, 3.05) is 20.0 Å². The minimum atomic E-state index is -0.0859. The molecule has 0 saturated carbocycles. The molecule has 168 valence electrons. The molecule has 0 atom stereocenters. The van der Waals surface area contributed by atoms with Gasteiger partial charge in [-0.2, -0.15) is 0 Å². The molecular formula is C25H24N4O3S. The van der Waals surface area contributed by atoms with Crippen LogP contribution < -0.4 is 14.8 Å². The Morgan fingerprint density at radius 2 is 1.64 bits per heavy atom. The van der Waals surface area contributed by atoms with Crippen molar-refractivity contribution >= 4 is 17.7 Å². The van der Waals surface area contributed by atoms with E-state index >= 15 is 0 Å². The van der Waals surface area contributed by atoms with Gasteiger partial charge in [0.2, 0.25) is 5.91 Å². The maximum atomic E-state index is 12.5. The number of amides is 1. The average molecular weight is 461 g/mol. The molecule has 0 aliphatic carbocycles. The number of thioether (sulfide) groups is 1. The molecule has 0 spiro atoms. The highest BCUT2D eigenvalue weighted by Crippen LogP contribution is 2.33. The van der Waals surface area contributed by atoms with Gasteiger partial charge in [-0.05, 0) is 42.0 Å². The van der Waals surface area contributed by atoms with Crippen LogP contribution >= 0.6 is 11.8 Å². The maximum Gasteiger partial charge on any atom is 0.230 e. The summed E-state index contributed by atoms with van der Waals surface area (Å²) in [7, 11) is 3.26. The fraction of sp³-hybridized carbons (Fsp3) is 0.160. The summed E-state index contributed by atoms with van der Waals surface area (Å²) in [6.45, 7) is 0.446. The Kier molecular flexibility index (Phi) is 7.26. The predicted molar refractivity (Wildman–Crippen MR) is 129 cm³/mol. The third-order valence-electron chi connectivity index (χ3n) is 4.98. The van der Waals surface area contributed by atoms with Gasteiger partial charge < -0.3 is 14.8 Å². The molecule has 0 bridgehead atoms. The third kappa shape index (κ3) is 5.35. The minimum Gasteiger partial charge on any atom is -0.497 e. The molecule has 1 heterocycles. The molecule has 8 heteroatoms. The van der Waals surface area contributed by atoms with Gasteiger partial charge in [-0.25, -0.2) is 0 Å². The highest BCUT2D eigenvalue weighted by Gasteiger charge is 2.19. The number of hydrogen-bond acceptors (Lipinski definition) is 6. The highest BCUT2D eigenvalue weighted by atomic mass is 32.2. The Hall–Kier alpha value is -3.78. The molecule has 0 unspecified atom stereocenters.